The lowest BCUT2D eigenvalue weighted by atomic mass is 10.1. The molecule has 0 spiro atoms. The van der Waals surface area contributed by atoms with Gasteiger partial charge >= 0.3 is 0 Å². The average Bonchev–Trinajstić information content (AvgIpc) is 2.71. The molecule has 110 valence electrons. The first-order chi connectivity index (χ1) is 9.59. The fourth-order valence-electron chi connectivity index (χ4n) is 2.66. The average molecular weight is 275 g/mol. The van der Waals surface area contributed by atoms with Crippen molar-refractivity contribution in [3.63, 3.8) is 0 Å². The largest absolute Gasteiger partial charge is 0.324 e. The summed E-state index contributed by atoms with van der Waals surface area (Å²) in [5.74, 6) is 0.0873. The lowest BCUT2D eigenvalue weighted by molar-refractivity contribution is -0.120. The molecule has 1 fully saturated rings. The van der Waals surface area contributed by atoms with E-state index in [4.69, 9.17) is 0 Å². The summed E-state index contributed by atoms with van der Waals surface area (Å²) < 4.78 is 0. The van der Waals surface area contributed by atoms with Gasteiger partial charge in [-0.15, -0.1) is 0 Å². The predicted molar refractivity (Wildman–Crippen MR) is 83.1 cm³/mol. The Bertz CT molecular complexity index is 445. The van der Waals surface area contributed by atoms with Gasteiger partial charge in [0.1, 0.15) is 0 Å². The fourth-order valence-corrected chi connectivity index (χ4v) is 2.66. The molecule has 2 N–H and O–H groups in total. The van der Waals surface area contributed by atoms with E-state index >= 15 is 0 Å². The van der Waals surface area contributed by atoms with Crippen molar-refractivity contribution in [2.45, 2.75) is 33.2 Å². The topological polar surface area (TPSA) is 44.4 Å². The first-order valence-electron chi connectivity index (χ1n) is 7.41. The van der Waals surface area contributed by atoms with Gasteiger partial charge in [-0.25, -0.2) is 0 Å². The molecule has 1 saturated heterocycles. The number of carbonyl (C=O) groups excluding carboxylic acids is 1. The zero-order valence-corrected chi connectivity index (χ0v) is 12.7. The predicted octanol–water partition coefficient (Wildman–Crippen LogP) is 1.93. The van der Waals surface area contributed by atoms with E-state index in [0.29, 0.717) is 0 Å². The van der Waals surface area contributed by atoms with Gasteiger partial charge in [-0.05, 0) is 44.9 Å². The fraction of sp³-hybridized carbons (Fsp3) is 0.562. The number of aryl methyl sites for hydroxylation is 2. The molecular weight excluding hydrogens is 250 g/mol. The standard InChI is InChI=1S/C16H25N3O/c1-12-6-4-7-13(2)15(12)18-16(20)14(3)19-10-5-8-17-9-11-19/h4,6-7,14,17H,5,8-11H2,1-3H3,(H,18,20). The van der Waals surface area contributed by atoms with Crippen LogP contribution in [0.4, 0.5) is 5.69 Å². The van der Waals surface area contributed by atoms with Gasteiger partial charge < -0.3 is 10.6 Å². The molecule has 20 heavy (non-hydrogen) atoms. The van der Waals surface area contributed by atoms with Crippen LogP contribution in [0, 0.1) is 13.8 Å². The van der Waals surface area contributed by atoms with E-state index in [2.05, 4.69) is 15.5 Å². The van der Waals surface area contributed by atoms with E-state index in [1.54, 1.807) is 0 Å². The van der Waals surface area contributed by atoms with Gasteiger partial charge in [0.05, 0.1) is 6.04 Å². The second-order valence-corrected chi connectivity index (χ2v) is 5.57. The van der Waals surface area contributed by atoms with E-state index in [9.17, 15) is 4.79 Å². The highest BCUT2D eigenvalue weighted by Crippen LogP contribution is 2.20. The Labute approximate surface area is 121 Å². The van der Waals surface area contributed by atoms with Gasteiger partial charge in [-0.3, -0.25) is 9.69 Å². The summed E-state index contributed by atoms with van der Waals surface area (Å²) in [6.45, 7) is 9.97. The van der Waals surface area contributed by atoms with Crippen molar-refractivity contribution >= 4 is 11.6 Å². The molecule has 0 aromatic heterocycles. The van der Waals surface area contributed by atoms with Crippen molar-refractivity contribution in [1.82, 2.24) is 10.2 Å². The van der Waals surface area contributed by atoms with Crippen LogP contribution < -0.4 is 10.6 Å². The molecule has 1 aromatic carbocycles. The molecule has 0 saturated carbocycles. The molecule has 4 nitrogen and oxygen atoms in total. The minimum atomic E-state index is -0.0890. The quantitative estimate of drug-likeness (QED) is 0.886. The molecule has 1 amide bonds. The second-order valence-electron chi connectivity index (χ2n) is 5.57. The van der Waals surface area contributed by atoms with Crippen LogP contribution in [-0.2, 0) is 4.79 Å². The third kappa shape index (κ3) is 3.58. The van der Waals surface area contributed by atoms with Crippen LogP contribution in [-0.4, -0.2) is 43.0 Å². The molecule has 4 heteroatoms. The van der Waals surface area contributed by atoms with Gasteiger partial charge in [-0.1, -0.05) is 18.2 Å². The molecule has 0 bridgehead atoms. The zero-order chi connectivity index (χ0) is 14.5. The van der Waals surface area contributed by atoms with Crippen molar-refractivity contribution in [2.24, 2.45) is 0 Å². The first kappa shape index (κ1) is 15.0. The van der Waals surface area contributed by atoms with Crippen molar-refractivity contribution in [3.05, 3.63) is 29.3 Å². The Morgan fingerprint density at radius 1 is 1.25 bits per heavy atom. The van der Waals surface area contributed by atoms with Crippen molar-refractivity contribution in [2.75, 3.05) is 31.5 Å². The van der Waals surface area contributed by atoms with Gasteiger partial charge in [-0.2, -0.15) is 0 Å². The molecule has 0 radical (unpaired) electrons. The molecule has 0 aliphatic carbocycles. The van der Waals surface area contributed by atoms with Crippen molar-refractivity contribution in [3.8, 4) is 0 Å². The van der Waals surface area contributed by atoms with Crippen molar-refractivity contribution in [1.29, 1.82) is 0 Å². The van der Waals surface area contributed by atoms with Crippen molar-refractivity contribution < 1.29 is 4.79 Å². The van der Waals surface area contributed by atoms with E-state index in [-0.39, 0.29) is 11.9 Å². The van der Waals surface area contributed by atoms with Gasteiger partial charge in [0.25, 0.3) is 0 Å². The minimum Gasteiger partial charge on any atom is -0.324 e. The Balaban J connectivity index is 2.03. The van der Waals surface area contributed by atoms with Crippen LogP contribution in [0.15, 0.2) is 18.2 Å². The summed E-state index contributed by atoms with van der Waals surface area (Å²) in [6.07, 6.45) is 1.10. The normalized spacial score (nSPS) is 18.4. The highest BCUT2D eigenvalue weighted by Gasteiger charge is 2.22. The summed E-state index contributed by atoms with van der Waals surface area (Å²) in [7, 11) is 0. The number of hydrogen-bond donors (Lipinski definition) is 2. The van der Waals surface area contributed by atoms with Crippen LogP contribution in [0.3, 0.4) is 0 Å². The summed E-state index contributed by atoms with van der Waals surface area (Å²) in [5.41, 5.74) is 3.18. The highest BCUT2D eigenvalue weighted by molar-refractivity contribution is 5.95. The zero-order valence-electron chi connectivity index (χ0n) is 12.7. The SMILES string of the molecule is Cc1cccc(C)c1NC(=O)C(C)N1CCCNCC1. The molecule has 2 rings (SSSR count). The summed E-state index contributed by atoms with van der Waals surface area (Å²) in [5, 5.41) is 6.46. The maximum absolute atomic E-state index is 12.5. The van der Waals surface area contributed by atoms with Gasteiger partial charge in [0, 0.05) is 25.3 Å². The summed E-state index contributed by atoms with van der Waals surface area (Å²) >= 11 is 0. The van der Waals surface area contributed by atoms with Crippen LogP contribution in [0.25, 0.3) is 0 Å². The number of nitrogens with zero attached hydrogens (tertiary/aromatic N) is 1. The minimum absolute atomic E-state index is 0.0873. The van der Waals surface area contributed by atoms with Gasteiger partial charge in [0.15, 0.2) is 0 Å². The van der Waals surface area contributed by atoms with Crippen LogP contribution in [0.2, 0.25) is 0 Å². The molecule has 1 aliphatic rings. The second kappa shape index (κ2) is 6.86. The molecule has 1 aromatic rings. The Kier molecular flexibility index (Phi) is 5.15. The van der Waals surface area contributed by atoms with Crippen LogP contribution >= 0.6 is 0 Å². The van der Waals surface area contributed by atoms with Crippen LogP contribution in [0.1, 0.15) is 24.5 Å². The number of benzene rings is 1. The molecule has 1 unspecified atom stereocenters. The monoisotopic (exact) mass is 275 g/mol. The van der Waals surface area contributed by atoms with Crippen LogP contribution in [0.5, 0.6) is 0 Å². The molecule has 1 heterocycles. The number of amides is 1. The smallest absolute Gasteiger partial charge is 0.241 e. The molecule has 1 atom stereocenters. The summed E-state index contributed by atoms with van der Waals surface area (Å²) in [6, 6.07) is 5.99. The van der Waals surface area contributed by atoms with Gasteiger partial charge in [0.2, 0.25) is 5.91 Å². The third-order valence-electron chi connectivity index (χ3n) is 4.03. The maximum atomic E-state index is 12.5. The van der Waals surface area contributed by atoms with E-state index in [0.717, 1.165) is 49.4 Å². The number of nitrogens with one attached hydrogen (secondary N) is 2. The third-order valence-corrected chi connectivity index (χ3v) is 4.03. The number of hydrogen-bond acceptors (Lipinski definition) is 3. The first-order valence-corrected chi connectivity index (χ1v) is 7.41. The lowest BCUT2D eigenvalue weighted by Gasteiger charge is -2.26. The number of anilines is 1. The Morgan fingerprint density at radius 3 is 2.65 bits per heavy atom. The number of rotatable bonds is 3. The Hall–Kier alpha value is -1.39. The summed E-state index contributed by atoms with van der Waals surface area (Å²) in [4.78, 5) is 14.7. The van der Waals surface area contributed by atoms with E-state index < -0.39 is 0 Å². The number of carbonyl (C=O) groups is 1. The lowest BCUT2D eigenvalue weighted by Crippen LogP contribution is -2.43. The molecular formula is C16H25N3O. The maximum Gasteiger partial charge on any atom is 0.241 e. The highest BCUT2D eigenvalue weighted by atomic mass is 16.2. The van der Waals surface area contributed by atoms with E-state index in [1.807, 2.05) is 39.0 Å². The Morgan fingerprint density at radius 2 is 1.95 bits per heavy atom. The molecule has 1 aliphatic heterocycles. The van der Waals surface area contributed by atoms with E-state index in [1.165, 1.54) is 0 Å². The number of para-hydroxylation sites is 1.